The van der Waals surface area contributed by atoms with E-state index in [1.54, 1.807) is 30.3 Å². The van der Waals surface area contributed by atoms with E-state index >= 15 is 0 Å². The van der Waals surface area contributed by atoms with Gasteiger partial charge >= 0.3 is 5.97 Å². The second-order valence-electron chi connectivity index (χ2n) is 6.72. The molecule has 0 bridgehead atoms. The highest BCUT2D eigenvalue weighted by Gasteiger charge is 2.15. The van der Waals surface area contributed by atoms with Crippen LogP contribution in [-0.2, 0) is 20.9 Å². The van der Waals surface area contributed by atoms with E-state index in [4.69, 9.17) is 4.74 Å². The summed E-state index contributed by atoms with van der Waals surface area (Å²) in [6.07, 6.45) is 0. The van der Waals surface area contributed by atoms with Crippen LogP contribution in [0.25, 0.3) is 11.4 Å². The highest BCUT2D eigenvalue weighted by atomic mass is 32.2. The lowest BCUT2D eigenvalue weighted by Gasteiger charge is -2.09. The van der Waals surface area contributed by atoms with Gasteiger partial charge in [0.05, 0.1) is 18.4 Å². The first-order chi connectivity index (χ1) is 15.4. The van der Waals surface area contributed by atoms with Crippen LogP contribution in [0.3, 0.4) is 0 Å². The Labute approximate surface area is 189 Å². The molecule has 0 fully saturated rings. The molecule has 0 aliphatic rings. The van der Waals surface area contributed by atoms with Crippen molar-refractivity contribution in [1.29, 1.82) is 0 Å². The number of nitrogens with zero attached hydrogens (tertiary/aromatic N) is 3. The largest absolute Gasteiger partial charge is 0.465 e. The van der Waals surface area contributed by atoms with Crippen molar-refractivity contribution in [3.8, 4) is 11.4 Å². The number of methoxy groups -OCH3 is 1. The zero-order valence-electron chi connectivity index (χ0n) is 17.9. The molecule has 32 heavy (non-hydrogen) atoms. The number of aromatic nitrogens is 3. The number of rotatable bonds is 8. The van der Waals surface area contributed by atoms with E-state index in [0.717, 1.165) is 5.56 Å². The number of carbonyl (C=O) groups excluding carboxylic acids is 3. The van der Waals surface area contributed by atoms with Crippen LogP contribution >= 0.6 is 11.8 Å². The lowest BCUT2D eigenvalue weighted by molar-refractivity contribution is -0.114. The smallest absolute Gasteiger partial charge is 0.337 e. The van der Waals surface area contributed by atoms with Gasteiger partial charge in [0.2, 0.25) is 11.8 Å². The zero-order chi connectivity index (χ0) is 23.1. The average molecular weight is 454 g/mol. The predicted molar refractivity (Wildman–Crippen MR) is 123 cm³/mol. The summed E-state index contributed by atoms with van der Waals surface area (Å²) in [5.41, 5.74) is 2.34. The SMILES string of the molecule is CCn1c(SCC(=O)Nc2cccc(C(=O)OC)c2)nnc1-c1cccc(NC(C)=O)c1. The number of ether oxygens (including phenoxy) is 1. The summed E-state index contributed by atoms with van der Waals surface area (Å²) in [5, 5.41) is 14.6. The molecule has 0 unspecified atom stereocenters. The highest BCUT2D eigenvalue weighted by molar-refractivity contribution is 7.99. The van der Waals surface area contributed by atoms with Crippen LogP contribution in [0.1, 0.15) is 24.2 Å². The van der Waals surface area contributed by atoms with Crippen molar-refractivity contribution in [1.82, 2.24) is 14.8 Å². The van der Waals surface area contributed by atoms with Crippen molar-refractivity contribution >= 4 is 40.9 Å². The van der Waals surface area contributed by atoms with Gasteiger partial charge < -0.3 is 19.9 Å². The third kappa shape index (κ3) is 5.73. The molecule has 0 spiro atoms. The summed E-state index contributed by atoms with van der Waals surface area (Å²) in [5.74, 6) is -0.0997. The van der Waals surface area contributed by atoms with Gasteiger partial charge in [-0.2, -0.15) is 0 Å². The molecule has 3 aromatic rings. The molecule has 0 aliphatic heterocycles. The van der Waals surface area contributed by atoms with Gasteiger partial charge in [0.25, 0.3) is 0 Å². The van der Waals surface area contributed by atoms with Crippen molar-refractivity contribution in [2.24, 2.45) is 0 Å². The van der Waals surface area contributed by atoms with Crippen molar-refractivity contribution in [2.45, 2.75) is 25.5 Å². The lowest BCUT2D eigenvalue weighted by Crippen LogP contribution is -2.15. The molecule has 2 amide bonds. The highest BCUT2D eigenvalue weighted by Crippen LogP contribution is 2.26. The summed E-state index contributed by atoms with van der Waals surface area (Å²) in [7, 11) is 1.30. The molecule has 3 rings (SSSR count). The predicted octanol–water partition coefficient (Wildman–Crippen LogP) is 3.44. The summed E-state index contributed by atoms with van der Waals surface area (Å²) in [4.78, 5) is 35.4. The molecule has 2 N–H and O–H groups in total. The molecule has 1 aromatic heterocycles. The van der Waals surface area contributed by atoms with Crippen molar-refractivity contribution in [3.63, 3.8) is 0 Å². The topological polar surface area (TPSA) is 115 Å². The lowest BCUT2D eigenvalue weighted by atomic mass is 10.2. The fourth-order valence-electron chi connectivity index (χ4n) is 3.00. The second-order valence-corrected chi connectivity index (χ2v) is 7.66. The van der Waals surface area contributed by atoms with Crippen molar-refractivity contribution in [2.75, 3.05) is 23.5 Å². The summed E-state index contributed by atoms with van der Waals surface area (Å²) in [6, 6.07) is 13.9. The molecule has 0 atom stereocenters. The Kier molecular flexibility index (Phi) is 7.61. The summed E-state index contributed by atoms with van der Waals surface area (Å²) >= 11 is 1.26. The molecule has 2 aromatic carbocycles. The van der Waals surface area contributed by atoms with Gasteiger partial charge in [-0.15, -0.1) is 10.2 Å². The van der Waals surface area contributed by atoms with Crippen LogP contribution in [-0.4, -0.2) is 45.4 Å². The molecule has 0 radical (unpaired) electrons. The van der Waals surface area contributed by atoms with E-state index in [9.17, 15) is 14.4 Å². The van der Waals surface area contributed by atoms with E-state index in [-0.39, 0.29) is 17.6 Å². The Morgan fingerprint density at radius 1 is 1.03 bits per heavy atom. The number of hydrogen-bond donors (Lipinski definition) is 2. The van der Waals surface area contributed by atoms with E-state index in [2.05, 4.69) is 20.8 Å². The maximum absolute atomic E-state index is 12.4. The minimum Gasteiger partial charge on any atom is -0.465 e. The number of hydrogen-bond acceptors (Lipinski definition) is 7. The Bertz CT molecular complexity index is 1140. The maximum atomic E-state index is 12.4. The minimum absolute atomic E-state index is 0.118. The molecule has 0 saturated heterocycles. The number of amides is 2. The third-order valence-electron chi connectivity index (χ3n) is 4.37. The van der Waals surface area contributed by atoms with Gasteiger partial charge in [-0.1, -0.05) is 30.0 Å². The van der Waals surface area contributed by atoms with Gasteiger partial charge in [-0.25, -0.2) is 4.79 Å². The third-order valence-corrected chi connectivity index (χ3v) is 5.34. The molecular formula is C22H23N5O4S. The minimum atomic E-state index is -0.471. The van der Waals surface area contributed by atoms with Gasteiger partial charge in [0.1, 0.15) is 0 Å². The van der Waals surface area contributed by atoms with Gasteiger partial charge in [0, 0.05) is 30.4 Å². The number of thioether (sulfide) groups is 1. The maximum Gasteiger partial charge on any atom is 0.337 e. The molecule has 0 aliphatic carbocycles. The van der Waals surface area contributed by atoms with Gasteiger partial charge in [-0.3, -0.25) is 9.59 Å². The normalized spacial score (nSPS) is 10.5. The first-order valence-corrected chi connectivity index (χ1v) is 10.8. The Morgan fingerprint density at radius 2 is 1.75 bits per heavy atom. The summed E-state index contributed by atoms with van der Waals surface area (Å²) in [6.45, 7) is 4.03. The van der Waals surface area contributed by atoms with Crippen LogP contribution in [0.4, 0.5) is 11.4 Å². The molecule has 9 nitrogen and oxygen atoms in total. The van der Waals surface area contributed by atoms with Crippen LogP contribution < -0.4 is 10.6 Å². The second kappa shape index (κ2) is 10.6. The average Bonchev–Trinajstić information content (AvgIpc) is 3.20. The fraction of sp³-hybridized carbons (Fsp3) is 0.227. The first-order valence-electron chi connectivity index (χ1n) is 9.83. The summed E-state index contributed by atoms with van der Waals surface area (Å²) < 4.78 is 6.60. The van der Waals surface area contributed by atoms with Crippen molar-refractivity contribution < 1.29 is 19.1 Å². The number of anilines is 2. The standard InChI is InChI=1S/C22H23N5O4S/c1-4-27-20(15-7-5-9-17(11-15)23-14(2)28)25-26-22(27)32-13-19(29)24-18-10-6-8-16(12-18)21(30)31-3/h5-12H,4,13H2,1-3H3,(H,23,28)(H,24,29). The van der Waals surface area contributed by atoms with Crippen LogP contribution in [0.15, 0.2) is 53.7 Å². The van der Waals surface area contributed by atoms with Crippen LogP contribution in [0.2, 0.25) is 0 Å². The molecular weight excluding hydrogens is 430 g/mol. The first kappa shape index (κ1) is 23.0. The quantitative estimate of drug-likeness (QED) is 0.396. The van der Waals surface area contributed by atoms with Gasteiger partial charge in [0.15, 0.2) is 11.0 Å². The van der Waals surface area contributed by atoms with Crippen molar-refractivity contribution in [3.05, 3.63) is 54.1 Å². The fourth-order valence-corrected chi connectivity index (χ4v) is 3.80. The zero-order valence-corrected chi connectivity index (χ0v) is 18.7. The molecule has 10 heteroatoms. The Hall–Kier alpha value is -3.66. The Balaban J connectivity index is 1.69. The Morgan fingerprint density at radius 3 is 2.44 bits per heavy atom. The van der Waals surface area contributed by atoms with Crippen LogP contribution in [0, 0.1) is 0 Å². The molecule has 1 heterocycles. The molecule has 0 saturated carbocycles. The number of carbonyl (C=O) groups is 3. The van der Waals surface area contributed by atoms with Crippen LogP contribution in [0.5, 0.6) is 0 Å². The number of benzene rings is 2. The number of nitrogens with one attached hydrogen (secondary N) is 2. The monoisotopic (exact) mass is 453 g/mol. The van der Waals surface area contributed by atoms with E-state index in [1.165, 1.54) is 25.8 Å². The van der Waals surface area contributed by atoms with Gasteiger partial charge in [-0.05, 0) is 37.3 Å². The van der Waals surface area contributed by atoms with E-state index in [0.29, 0.717) is 34.5 Å². The van der Waals surface area contributed by atoms with E-state index < -0.39 is 5.97 Å². The van der Waals surface area contributed by atoms with E-state index in [1.807, 2.05) is 29.7 Å². The number of esters is 1. The molecule has 166 valence electrons.